The number of aliphatic imine (C=N–C) groups is 1. The van der Waals surface area contributed by atoms with Gasteiger partial charge in [0.05, 0.1) is 0 Å². The van der Waals surface area contributed by atoms with E-state index >= 15 is 0 Å². The first-order valence-corrected chi connectivity index (χ1v) is 10.6. The van der Waals surface area contributed by atoms with Gasteiger partial charge in [0.2, 0.25) is 5.91 Å². The van der Waals surface area contributed by atoms with Crippen molar-refractivity contribution in [3.63, 3.8) is 0 Å². The number of para-hydroxylation sites is 1. The van der Waals surface area contributed by atoms with Crippen LogP contribution in [0, 0.1) is 5.92 Å². The second-order valence-corrected chi connectivity index (χ2v) is 8.30. The van der Waals surface area contributed by atoms with Crippen molar-refractivity contribution in [2.75, 3.05) is 38.1 Å². The number of nitrogens with zero attached hydrogens (tertiary/aromatic N) is 3. The molecule has 0 radical (unpaired) electrons. The Morgan fingerprint density at radius 3 is 2.72 bits per heavy atom. The number of carbonyl (C=O) groups excluding carboxylic acids is 1. The molecule has 6 nitrogen and oxygen atoms in total. The molecule has 1 aromatic carbocycles. The van der Waals surface area contributed by atoms with Gasteiger partial charge in [0.25, 0.3) is 0 Å². The molecule has 0 saturated carbocycles. The van der Waals surface area contributed by atoms with E-state index in [1.165, 1.54) is 5.56 Å². The van der Waals surface area contributed by atoms with Gasteiger partial charge in [-0.05, 0) is 44.2 Å². The van der Waals surface area contributed by atoms with Gasteiger partial charge in [-0.3, -0.25) is 14.7 Å². The second-order valence-electron chi connectivity index (χ2n) is 8.30. The predicted octanol–water partition coefficient (Wildman–Crippen LogP) is 2.87. The number of carbonyl (C=O) groups is 1. The Labute approximate surface area is 192 Å². The van der Waals surface area contributed by atoms with Gasteiger partial charge >= 0.3 is 0 Å². The van der Waals surface area contributed by atoms with Crippen LogP contribution >= 0.6 is 24.0 Å². The van der Waals surface area contributed by atoms with Crippen molar-refractivity contribution in [1.29, 1.82) is 0 Å². The number of fused-ring (bicyclic) bond motifs is 1. The molecule has 1 aromatic rings. The Morgan fingerprint density at radius 2 is 2.03 bits per heavy atom. The molecule has 1 fully saturated rings. The van der Waals surface area contributed by atoms with Crippen LogP contribution in [0.25, 0.3) is 0 Å². The summed E-state index contributed by atoms with van der Waals surface area (Å²) in [4.78, 5) is 21.4. The summed E-state index contributed by atoms with van der Waals surface area (Å²) in [5, 5.41) is 6.93. The van der Waals surface area contributed by atoms with Crippen molar-refractivity contribution in [2.24, 2.45) is 10.9 Å². The molecule has 0 bridgehead atoms. The first-order chi connectivity index (χ1) is 13.5. The summed E-state index contributed by atoms with van der Waals surface area (Å²) in [5.41, 5.74) is 2.36. The lowest BCUT2D eigenvalue weighted by atomic mass is 10.1. The fraction of sp³-hybridized carbons (Fsp3) is 0.636. The van der Waals surface area contributed by atoms with Crippen LogP contribution in [0.2, 0.25) is 0 Å². The van der Waals surface area contributed by atoms with E-state index in [2.05, 4.69) is 47.4 Å². The quantitative estimate of drug-likeness (QED) is 0.266. The highest BCUT2D eigenvalue weighted by atomic mass is 127. The van der Waals surface area contributed by atoms with E-state index in [0.717, 1.165) is 50.7 Å². The van der Waals surface area contributed by atoms with Crippen molar-refractivity contribution < 1.29 is 4.79 Å². The van der Waals surface area contributed by atoms with Gasteiger partial charge in [0.1, 0.15) is 0 Å². The van der Waals surface area contributed by atoms with Crippen LogP contribution in [0.4, 0.5) is 5.69 Å². The van der Waals surface area contributed by atoms with Crippen molar-refractivity contribution in [3.05, 3.63) is 29.8 Å². The van der Waals surface area contributed by atoms with Crippen LogP contribution in [0.3, 0.4) is 0 Å². The third kappa shape index (κ3) is 6.07. The summed E-state index contributed by atoms with van der Waals surface area (Å²) in [6.45, 7) is 10.5. The molecule has 7 heteroatoms. The molecule has 29 heavy (non-hydrogen) atoms. The van der Waals surface area contributed by atoms with E-state index in [9.17, 15) is 4.79 Å². The summed E-state index contributed by atoms with van der Waals surface area (Å²) in [6.07, 6.45) is 2.32. The van der Waals surface area contributed by atoms with Gasteiger partial charge in [-0.15, -0.1) is 24.0 Å². The van der Waals surface area contributed by atoms with E-state index in [-0.39, 0.29) is 29.9 Å². The zero-order valence-electron chi connectivity index (χ0n) is 18.1. The zero-order chi connectivity index (χ0) is 20.1. The molecule has 2 N–H and O–H groups in total. The Hall–Kier alpha value is -1.35. The number of hydrogen-bond donors (Lipinski definition) is 2. The van der Waals surface area contributed by atoms with Crippen LogP contribution in [0.5, 0.6) is 0 Å². The van der Waals surface area contributed by atoms with Crippen molar-refractivity contribution in [2.45, 2.75) is 52.1 Å². The maximum Gasteiger partial charge on any atom is 0.227 e. The van der Waals surface area contributed by atoms with Crippen LogP contribution in [-0.2, 0) is 11.2 Å². The lowest BCUT2D eigenvalue weighted by Gasteiger charge is -2.22. The highest BCUT2D eigenvalue weighted by Crippen LogP contribution is 2.28. The van der Waals surface area contributed by atoms with Gasteiger partial charge in [-0.25, -0.2) is 0 Å². The zero-order valence-corrected chi connectivity index (χ0v) is 20.5. The standard InChI is InChI=1S/C22H35N5O.HI/c1-16(2)26-14-17(3)19(15-26)25-22(23-4)24-12-7-10-21(28)27-13-11-18-8-5-6-9-20(18)27;/h5-6,8-9,16-17,19H,7,10-15H2,1-4H3,(H2,23,24,25);1H. The number of amides is 1. The number of likely N-dealkylation sites (tertiary alicyclic amines) is 1. The highest BCUT2D eigenvalue weighted by molar-refractivity contribution is 14.0. The average molecular weight is 513 g/mol. The van der Waals surface area contributed by atoms with Crippen LogP contribution in [-0.4, -0.2) is 62.1 Å². The number of rotatable bonds is 6. The number of benzene rings is 1. The molecule has 2 aliphatic rings. The normalized spacial score (nSPS) is 21.8. The van der Waals surface area contributed by atoms with Gasteiger partial charge in [-0.2, -0.15) is 0 Å². The molecule has 1 amide bonds. The third-order valence-electron chi connectivity index (χ3n) is 5.96. The molecule has 2 unspecified atom stereocenters. The Balaban J connectivity index is 0.00000300. The summed E-state index contributed by atoms with van der Waals surface area (Å²) in [7, 11) is 1.81. The minimum atomic E-state index is 0. The van der Waals surface area contributed by atoms with Crippen LogP contribution in [0.1, 0.15) is 39.2 Å². The average Bonchev–Trinajstić information content (AvgIpc) is 3.28. The molecule has 0 aliphatic carbocycles. The minimum Gasteiger partial charge on any atom is -0.356 e. The lowest BCUT2D eigenvalue weighted by molar-refractivity contribution is -0.118. The molecule has 2 atom stereocenters. The third-order valence-corrected chi connectivity index (χ3v) is 5.96. The molecule has 1 saturated heterocycles. The topological polar surface area (TPSA) is 60.0 Å². The molecule has 162 valence electrons. The number of guanidine groups is 1. The Bertz CT molecular complexity index is 708. The van der Waals surface area contributed by atoms with Crippen LogP contribution in [0.15, 0.2) is 29.3 Å². The lowest BCUT2D eigenvalue weighted by Crippen LogP contribution is -2.47. The molecule has 3 rings (SSSR count). The fourth-order valence-electron chi connectivity index (χ4n) is 4.16. The number of halogens is 1. The second kappa shape index (κ2) is 11.2. The molecule has 0 spiro atoms. The smallest absolute Gasteiger partial charge is 0.227 e. The first kappa shape index (κ1) is 23.9. The first-order valence-electron chi connectivity index (χ1n) is 10.6. The van der Waals surface area contributed by atoms with Gasteiger partial charge < -0.3 is 15.5 Å². The molecular formula is C22H36IN5O. The maximum atomic E-state index is 12.6. The predicted molar refractivity (Wildman–Crippen MR) is 131 cm³/mol. The van der Waals surface area contributed by atoms with E-state index < -0.39 is 0 Å². The number of anilines is 1. The van der Waals surface area contributed by atoms with Crippen molar-refractivity contribution in [1.82, 2.24) is 15.5 Å². The summed E-state index contributed by atoms with van der Waals surface area (Å²) in [6, 6.07) is 9.20. The Morgan fingerprint density at radius 1 is 1.28 bits per heavy atom. The van der Waals surface area contributed by atoms with E-state index in [4.69, 9.17) is 0 Å². The highest BCUT2D eigenvalue weighted by Gasteiger charge is 2.31. The molecular weight excluding hydrogens is 477 g/mol. The van der Waals surface area contributed by atoms with Crippen molar-refractivity contribution in [3.8, 4) is 0 Å². The molecule has 0 aromatic heterocycles. The number of nitrogens with one attached hydrogen (secondary N) is 2. The van der Waals surface area contributed by atoms with Crippen molar-refractivity contribution >= 4 is 41.5 Å². The minimum absolute atomic E-state index is 0. The van der Waals surface area contributed by atoms with E-state index in [0.29, 0.717) is 24.4 Å². The molecule has 2 heterocycles. The van der Waals surface area contributed by atoms with E-state index in [1.54, 1.807) is 0 Å². The van der Waals surface area contributed by atoms with Gasteiger partial charge in [-0.1, -0.05) is 25.1 Å². The maximum absolute atomic E-state index is 12.6. The molecule has 2 aliphatic heterocycles. The summed E-state index contributed by atoms with van der Waals surface area (Å²) >= 11 is 0. The van der Waals surface area contributed by atoms with Gasteiger partial charge in [0, 0.05) is 57.4 Å². The van der Waals surface area contributed by atoms with E-state index in [1.807, 2.05) is 30.1 Å². The summed E-state index contributed by atoms with van der Waals surface area (Å²) < 4.78 is 0. The monoisotopic (exact) mass is 513 g/mol. The number of hydrogen-bond acceptors (Lipinski definition) is 3. The Kier molecular flexibility index (Phi) is 9.20. The van der Waals surface area contributed by atoms with Crippen LogP contribution < -0.4 is 15.5 Å². The fourth-order valence-corrected chi connectivity index (χ4v) is 4.16. The summed E-state index contributed by atoms with van der Waals surface area (Å²) in [5.74, 6) is 1.64. The largest absolute Gasteiger partial charge is 0.356 e. The SMILES string of the molecule is CN=C(NCCCC(=O)N1CCc2ccccc21)NC1CN(C(C)C)CC1C.I. The van der Waals surface area contributed by atoms with Gasteiger partial charge in [0.15, 0.2) is 5.96 Å².